The Morgan fingerprint density at radius 1 is 1.14 bits per heavy atom. The van der Waals surface area contributed by atoms with Gasteiger partial charge in [-0.3, -0.25) is 0 Å². The fourth-order valence-corrected chi connectivity index (χ4v) is 2.17. The van der Waals surface area contributed by atoms with Crippen LogP contribution in [0.5, 0.6) is 0 Å². The van der Waals surface area contributed by atoms with E-state index in [1.54, 1.807) is 0 Å². The van der Waals surface area contributed by atoms with Gasteiger partial charge in [-0.1, -0.05) is 5.16 Å². The van der Waals surface area contributed by atoms with Crippen LogP contribution in [-0.2, 0) is 0 Å². The SMILES string of the molecule is c1c(C2CCNCC2)noc1C1CC1. The van der Waals surface area contributed by atoms with Crippen LogP contribution in [-0.4, -0.2) is 18.2 Å². The van der Waals surface area contributed by atoms with Gasteiger partial charge in [-0.2, -0.15) is 0 Å². The van der Waals surface area contributed by atoms with E-state index in [4.69, 9.17) is 4.52 Å². The first-order chi connectivity index (χ1) is 6.93. The van der Waals surface area contributed by atoms with Gasteiger partial charge in [-0.25, -0.2) is 0 Å². The van der Waals surface area contributed by atoms with Crippen LogP contribution in [0.15, 0.2) is 10.6 Å². The molecule has 0 bridgehead atoms. The molecular weight excluding hydrogens is 176 g/mol. The Morgan fingerprint density at radius 3 is 2.64 bits per heavy atom. The number of hydrogen-bond acceptors (Lipinski definition) is 3. The summed E-state index contributed by atoms with van der Waals surface area (Å²) in [5.41, 5.74) is 1.19. The van der Waals surface area contributed by atoms with Gasteiger partial charge in [0.25, 0.3) is 0 Å². The molecule has 2 fully saturated rings. The summed E-state index contributed by atoms with van der Waals surface area (Å²) in [6.45, 7) is 2.24. The van der Waals surface area contributed by atoms with E-state index in [9.17, 15) is 0 Å². The zero-order valence-corrected chi connectivity index (χ0v) is 8.33. The van der Waals surface area contributed by atoms with Crippen LogP contribution in [0.4, 0.5) is 0 Å². The minimum Gasteiger partial charge on any atom is -0.361 e. The normalized spacial score (nSPS) is 24.0. The summed E-state index contributed by atoms with van der Waals surface area (Å²) < 4.78 is 5.37. The van der Waals surface area contributed by atoms with Crippen LogP contribution in [0.3, 0.4) is 0 Å². The molecule has 1 saturated heterocycles. The summed E-state index contributed by atoms with van der Waals surface area (Å²) in [6.07, 6.45) is 5.00. The molecule has 0 aromatic carbocycles. The van der Waals surface area contributed by atoms with E-state index in [1.807, 2.05) is 0 Å². The first-order valence-electron chi connectivity index (χ1n) is 5.61. The highest BCUT2D eigenvalue weighted by Gasteiger charge is 2.29. The van der Waals surface area contributed by atoms with Crippen molar-refractivity contribution in [2.75, 3.05) is 13.1 Å². The van der Waals surface area contributed by atoms with Crippen molar-refractivity contribution in [1.82, 2.24) is 10.5 Å². The molecule has 2 aliphatic rings. The Hall–Kier alpha value is -0.830. The molecule has 1 aliphatic heterocycles. The Morgan fingerprint density at radius 2 is 1.93 bits per heavy atom. The summed E-state index contributed by atoms with van der Waals surface area (Å²) in [6, 6.07) is 2.19. The van der Waals surface area contributed by atoms with Crippen molar-refractivity contribution in [3.8, 4) is 0 Å². The van der Waals surface area contributed by atoms with Gasteiger partial charge < -0.3 is 9.84 Å². The standard InChI is InChI=1S/C11H16N2O/c1-2-9(1)11-7-10(13-14-11)8-3-5-12-6-4-8/h7-9,12H,1-6H2. The molecule has 0 spiro atoms. The van der Waals surface area contributed by atoms with E-state index in [1.165, 1.54) is 31.4 Å². The van der Waals surface area contributed by atoms with Crippen LogP contribution in [0.1, 0.15) is 49.0 Å². The van der Waals surface area contributed by atoms with E-state index >= 15 is 0 Å². The van der Waals surface area contributed by atoms with E-state index in [0.29, 0.717) is 11.8 Å². The van der Waals surface area contributed by atoms with Gasteiger partial charge in [-0.15, -0.1) is 0 Å². The molecule has 14 heavy (non-hydrogen) atoms. The van der Waals surface area contributed by atoms with Gasteiger partial charge in [-0.05, 0) is 38.8 Å². The Kier molecular flexibility index (Phi) is 2.05. The molecule has 3 heteroatoms. The Labute approximate surface area is 83.9 Å². The molecule has 1 aliphatic carbocycles. The van der Waals surface area contributed by atoms with Crippen molar-refractivity contribution < 1.29 is 4.52 Å². The van der Waals surface area contributed by atoms with Crippen molar-refractivity contribution >= 4 is 0 Å². The number of nitrogens with zero attached hydrogens (tertiary/aromatic N) is 1. The zero-order valence-electron chi connectivity index (χ0n) is 8.33. The first kappa shape index (κ1) is 8.48. The summed E-state index contributed by atoms with van der Waals surface area (Å²) in [5.74, 6) is 2.45. The van der Waals surface area contributed by atoms with Gasteiger partial charge in [0.05, 0.1) is 5.69 Å². The molecule has 2 heterocycles. The minimum atomic E-state index is 0.632. The maximum absolute atomic E-state index is 5.37. The lowest BCUT2D eigenvalue weighted by molar-refractivity contribution is 0.362. The lowest BCUT2D eigenvalue weighted by Gasteiger charge is -2.19. The molecule has 1 saturated carbocycles. The molecule has 1 N–H and O–H groups in total. The summed E-state index contributed by atoms with van der Waals surface area (Å²) in [4.78, 5) is 0. The predicted molar refractivity (Wildman–Crippen MR) is 53.3 cm³/mol. The quantitative estimate of drug-likeness (QED) is 0.779. The third-order valence-corrected chi connectivity index (χ3v) is 3.28. The number of hydrogen-bond donors (Lipinski definition) is 1. The van der Waals surface area contributed by atoms with Gasteiger partial charge >= 0.3 is 0 Å². The zero-order chi connectivity index (χ0) is 9.38. The number of rotatable bonds is 2. The molecule has 0 unspecified atom stereocenters. The maximum Gasteiger partial charge on any atom is 0.140 e. The molecule has 76 valence electrons. The van der Waals surface area contributed by atoms with Crippen LogP contribution in [0.2, 0.25) is 0 Å². The second-order valence-electron chi connectivity index (χ2n) is 4.45. The molecular formula is C11H16N2O. The smallest absolute Gasteiger partial charge is 0.140 e. The van der Waals surface area contributed by atoms with Crippen molar-refractivity contribution in [3.63, 3.8) is 0 Å². The fraction of sp³-hybridized carbons (Fsp3) is 0.727. The van der Waals surface area contributed by atoms with Crippen LogP contribution in [0.25, 0.3) is 0 Å². The Bertz CT molecular complexity index is 311. The van der Waals surface area contributed by atoms with Crippen molar-refractivity contribution in [3.05, 3.63) is 17.5 Å². The highest BCUT2D eigenvalue weighted by Crippen LogP contribution is 2.41. The van der Waals surface area contributed by atoms with Gasteiger partial charge in [0.1, 0.15) is 5.76 Å². The van der Waals surface area contributed by atoms with Gasteiger partial charge in [0.2, 0.25) is 0 Å². The van der Waals surface area contributed by atoms with E-state index in [0.717, 1.165) is 18.8 Å². The predicted octanol–water partition coefficient (Wildman–Crippen LogP) is 2.02. The monoisotopic (exact) mass is 192 g/mol. The Balaban J connectivity index is 1.74. The highest BCUT2D eigenvalue weighted by molar-refractivity contribution is 5.17. The van der Waals surface area contributed by atoms with Crippen LogP contribution < -0.4 is 5.32 Å². The number of piperidine rings is 1. The van der Waals surface area contributed by atoms with E-state index in [-0.39, 0.29) is 0 Å². The summed E-state index contributed by atoms with van der Waals surface area (Å²) >= 11 is 0. The lowest BCUT2D eigenvalue weighted by atomic mass is 9.94. The fourth-order valence-electron chi connectivity index (χ4n) is 2.17. The molecule has 0 amide bonds. The summed E-state index contributed by atoms with van der Waals surface area (Å²) in [7, 11) is 0. The van der Waals surface area contributed by atoms with Gasteiger partial charge in [0.15, 0.2) is 0 Å². The molecule has 3 rings (SSSR count). The second kappa shape index (κ2) is 3.39. The van der Waals surface area contributed by atoms with Crippen molar-refractivity contribution in [1.29, 1.82) is 0 Å². The minimum absolute atomic E-state index is 0.632. The maximum atomic E-state index is 5.37. The number of aromatic nitrogens is 1. The van der Waals surface area contributed by atoms with Crippen LogP contribution >= 0.6 is 0 Å². The van der Waals surface area contributed by atoms with E-state index < -0.39 is 0 Å². The molecule has 3 nitrogen and oxygen atoms in total. The molecule has 0 atom stereocenters. The average Bonchev–Trinajstić information content (AvgIpc) is 2.98. The largest absolute Gasteiger partial charge is 0.361 e. The van der Waals surface area contributed by atoms with Crippen molar-refractivity contribution in [2.24, 2.45) is 0 Å². The van der Waals surface area contributed by atoms with E-state index in [2.05, 4.69) is 16.5 Å². The summed E-state index contributed by atoms with van der Waals surface area (Å²) in [5, 5.41) is 7.57. The first-order valence-corrected chi connectivity index (χ1v) is 5.61. The van der Waals surface area contributed by atoms with Gasteiger partial charge in [0, 0.05) is 17.9 Å². The van der Waals surface area contributed by atoms with Crippen molar-refractivity contribution in [2.45, 2.75) is 37.5 Å². The lowest BCUT2D eigenvalue weighted by Crippen LogP contribution is -2.26. The molecule has 1 aromatic heterocycles. The third kappa shape index (κ3) is 1.57. The highest BCUT2D eigenvalue weighted by atomic mass is 16.5. The molecule has 1 aromatic rings. The third-order valence-electron chi connectivity index (χ3n) is 3.28. The van der Waals surface area contributed by atoms with Crippen LogP contribution in [0, 0.1) is 0 Å². The second-order valence-corrected chi connectivity index (χ2v) is 4.45. The average molecular weight is 192 g/mol. The number of nitrogens with one attached hydrogen (secondary N) is 1. The molecule has 0 radical (unpaired) electrons. The topological polar surface area (TPSA) is 38.1 Å².